The van der Waals surface area contributed by atoms with E-state index in [-0.39, 0.29) is 5.91 Å². The highest BCUT2D eigenvalue weighted by atomic mass is 32.1. The third kappa shape index (κ3) is 1.84. The summed E-state index contributed by atoms with van der Waals surface area (Å²) in [5, 5.41) is 1.67. The Labute approximate surface area is 96.4 Å². The molecule has 0 bridgehead atoms. The molecule has 2 N–H and O–H groups in total. The summed E-state index contributed by atoms with van der Waals surface area (Å²) in [6.07, 6.45) is 0. The number of nitrogens with zero attached hydrogens (tertiary/aromatic N) is 2. The Balaban J connectivity index is 2.42. The van der Waals surface area contributed by atoms with Crippen molar-refractivity contribution in [2.45, 2.75) is 0 Å². The van der Waals surface area contributed by atoms with Gasteiger partial charge in [-0.2, -0.15) is 0 Å². The Morgan fingerprint density at radius 3 is 3.00 bits per heavy atom. The van der Waals surface area contributed by atoms with Crippen LogP contribution < -0.4 is 5.73 Å². The number of carbonyl (C=O) groups excluding carboxylic acids is 1. The Morgan fingerprint density at radius 2 is 2.31 bits per heavy atom. The molecule has 1 aromatic carbocycles. The highest BCUT2D eigenvalue weighted by Crippen LogP contribution is 2.24. The second kappa shape index (κ2) is 4.07. The van der Waals surface area contributed by atoms with Crippen LogP contribution in [0.1, 0.15) is 10.4 Å². The summed E-state index contributed by atoms with van der Waals surface area (Å²) < 4.78 is 0.896. The molecule has 0 saturated carbocycles. The molecule has 1 amide bonds. The molecule has 84 valence electrons. The Kier molecular flexibility index (Phi) is 2.76. The van der Waals surface area contributed by atoms with E-state index in [1.165, 1.54) is 23.5 Å². The van der Waals surface area contributed by atoms with Gasteiger partial charge in [0.05, 0.1) is 17.3 Å². The molecule has 0 atom stereocenters. The normalized spacial score (nSPS) is 10.6. The molecule has 0 fully saturated rings. The number of hydrogen-bond acceptors (Lipinski definition) is 5. The summed E-state index contributed by atoms with van der Waals surface area (Å²) in [4.78, 5) is 20.7. The van der Waals surface area contributed by atoms with Gasteiger partial charge < -0.3 is 5.73 Å². The van der Waals surface area contributed by atoms with E-state index in [2.05, 4.69) is 4.98 Å². The zero-order chi connectivity index (χ0) is 11.7. The standard InChI is InChI=1S/C10H11N3O2S/c1-13(15-2)9(14)6-3-4-7-8(5-6)16-10(11)12-7/h3-5H,1-2H3,(H2,11,12). The third-order valence-electron chi connectivity index (χ3n) is 2.21. The molecular formula is C10H11N3O2S. The number of fused-ring (bicyclic) bond motifs is 1. The van der Waals surface area contributed by atoms with Crippen LogP contribution in [0.4, 0.5) is 5.13 Å². The number of nitrogens with two attached hydrogens (primary N) is 1. The minimum Gasteiger partial charge on any atom is -0.375 e. The van der Waals surface area contributed by atoms with Crippen LogP contribution in [0.3, 0.4) is 0 Å². The summed E-state index contributed by atoms with van der Waals surface area (Å²) in [5.41, 5.74) is 6.95. The number of thiazole rings is 1. The van der Waals surface area contributed by atoms with E-state index < -0.39 is 0 Å². The van der Waals surface area contributed by atoms with Gasteiger partial charge in [-0.05, 0) is 18.2 Å². The number of anilines is 1. The summed E-state index contributed by atoms with van der Waals surface area (Å²) >= 11 is 1.36. The van der Waals surface area contributed by atoms with Crippen LogP contribution in [0.2, 0.25) is 0 Å². The van der Waals surface area contributed by atoms with Crippen molar-refractivity contribution >= 4 is 32.6 Å². The summed E-state index contributed by atoms with van der Waals surface area (Å²) in [7, 11) is 3.01. The maximum atomic E-state index is 11.8. The van der Waals surface area contributed by atoms with Crippen molar-refractivity contribution in [3.05, 3.63) is 23.8 Å². The van der Waals surface area contributed by atoms with Gasteiger partial charge in [0.1, 0.15) is 0 Å². The molecule has 16 heavy (non-hydrogen) atoms. The highest BCUT2D eigenvalue weighted by molar-refractivity contribution is 7.22. The van der Waals surface area contributed by atoms with Crippen molar-refractivity contribution in [2.24, 2.45) is 0 Å². The molecule has 0 saturated heterocycles. The first-order valence-corrected chi connectivity index (χ1v) is 5.41. The van der Waals surface area contributed by atoms with E-state index in [1.54, 1.807) is 25.2 Å². The van der Waals surface area contributed by atoms with Gasteiger partial charge in [-0.3, -0.25) is 9.63 Å². The topological polar surface area (TPSA) is 68.5 Å². The lowest BCUT2D eigenvalue weighted by Gasteiger charge is -2.13. The predicted molar refractivity (Wildman–Crippen MR) is 63.1 cm³/mol. The molecule has 0 aliphatic rings. The van der Waals surface area contributed by atoms with Crippen LogP contribution in [0, 0.1) is 0 Å². The number of hydrogen-bond donors (Lipinski definition) is 1. The number of aromatic nitrogens is 1. The Bertz CT molecular complexity index is 538. The second-order valence-corrected chi connectivity index (χ2v) is 4.28. The lowest BCUT2D eigenvalue weighted by molar-refractivity contribution is -0.0756. The van der Waals surface area contributed by atoms with Crippen molar-refractivity contribution in [3.63, 3.8) is 0 Å². The minimum atomic E-state index is -0.198. The zero-order valence-corrected chi connectivity index (χ0v) is 9.75. The fraction of sp³-hybridized carbons (Fsp3) is 0.200. The second-order valence-electron chi connectivity index (χ2n) is 3.22. The molecule has 0 aliphatic carbocycles. The van der Waals surface area contributed by atoms with E-state index in [1.807, 2.05) is 0 Å². The maximum absolute atomic E-state index is 11.8. The molecule has 5 nitrogen and oxygen atoms in total. The molecule has 6 heteroatoms. The van der Waals surface area contributed by atoms with Gasteiger partial charge in [-0.25, -0.2) is 10.0 Å². The first-order valence-electron chi connectivity index (χ1n) is 4.60. The first-order chi connectivity index (χ1) is 7.61. The molecular weight excluding hydrogens is 226 g/mol. The van der Waals surface area contributed by atoms with Crippen molar-refractivity contribution in [3.8, 4) is 0 Å². The monoisotopic (exact) mass is 237 g/mol. The maximum Gasteiger partial charge on any atom is 0.277 e. The number of benzene rings is 1. The van der Waals surface area contributed by atoms with Gasteiger partial charge in [-0.1, -0.05) is 11.3 Å². The minimum absolute atomic E-state index is 0.198. The van der Waals surface area contributed by atoms with E-state index in [4.69, 9.17) is 10.6 Å². The lowest BCUT2D eigenvalue weighted by Crippen LogP contribution is -2.25. The Hall–Kier alpha value is -1.66. The summed E-state index contributed by atoms with van der Waals surface area (Å²) in [5.74, 6) is -0.198. The number of nitrogen functional groups attached to an aromatic ring is 1. The smallest absolute Gasteiger partial charge is 0.277 e. The van der Waals surface area contributed by atoms with Crippen LogP contribution in [0.15, 0.2) is 18.2 Å². The van der Waals surface area contributed by atoms with E-state index in [0.717, 1.165) is 10.2 Å². The molecule has 1 aromatic heterocycles. The molecule has 0 radical (unpaired) electrons. The van der Waals surface area contributed by atoms with Gasteiger partial charge >= 0.3 is 0 Å². The molecule has 2 aromatic rings. The number of carbonyl (C=O) groups is 1. The van der Waals surface area contributed by atoms with E-state index in [9.17, 15) is 4.79 Å². The van der Waals surface area contributed by atoms with Gasteiger partial charge in [0.25, 0.3) is 5.91 Å². The Morgan fingerprint density at radius 1 is 1.56 bits per heavy atom. The zero-order valence-electron chi connectivity index (χ0n) is 8.93. The van der Waals surface area contributed by atoms with Crippen molar-refractivity contribution in [1.29, 1.82) is 0 Å². The number of amides is 1. The lowest BCUT2D eigenvalue weighted by atomic mass is 10.2. The molecule has 2 rings (SSSR count). The van der Waals surface area contributed by atoms with E-state index in [0.29, 0.717) is 10.7 Å². The van der Waals surface area contributed by atoms with Crippen LogP contribution >= 0.6 is 11.3 Å². The molecule has 1 heterocycles. The fourth-order valence-electron chi connectivity index (χ4n) is 1.34. The summed E-state index contributed by atoms with van der Waals surface area (Å²) in [6.45, 7) is 0. The average Bonchev–Trinajstić information content (AvgIpc) is 2.65. The SMILES string of the molecule is CON(C)C(=O)c1ccc2nc(N)sc2c1. The largest absolute Gasteiger partial charge is 0.375 e. The molecule has 0 unspecified atom stereocenters. The van der Waals surface area contributed by atoms with Gasteiger partial charge in [0.15, 0.2) is 5.13 Å². The fourth-order valence-corrected chi connectivity index (χ4v) is 2.11. The summed E-state index contributed by atoms with van der Waals surface area (Å²) in [6, 6.07) is 5.25. The first kappa shape index (κ1) is 10.8. The predicted octanol–water partition coefficient (Wildman–Crippen LogP) is 1.51. The quantitative estimate of drug-likeness (QED) is 0.804. The molecule has 0 spiro atoms. The van der Waals surface area contributed by atoms with Gasteiger partial charge in [-0.15, -0.1) is 0 Å². The number of rotatable bonds is 2. The highest BCUT2D eigenvalue weighted by Gasteiger charge is 2.12. The van der Waals surface area contributed by atoms with Crippen LogP contribution in [0.5, 0.6) is 0 Å². The van der Waals surface area contributed by atoms with Crippen molar-refractivity contribution in [1.82, 2.24) is 10.0 Å². The van der Waals surface area contributed by atoms with Crippen LogP contribution in [-0.2, 0) is 4.84 Å². The average molecular weight is 237 g/mol. The third-order valence-corrected chi connectivity index (χ3v) is 3.06. The van der Waals surface area contributed by atoms with Crippen LogP contribution in [0.25, 0.3) is 10.2 Å². The molecule has 0 aliphatic heterocycles. The number of hydroxylamine groups is 2. The van der Waals surface area contributed by atoms with Crippen molar-refractivity contribution < 1.29 is 9.63 Å². The van der Waals surface area contributed by atoms with Gasteiger partial charge in [0.2, 0.25) is 0 Å². The van der Waals surface area contributed by atoms with E-state index >= 15 is 0 Å². The van der Waals surface area contributed by atoms with Gasteiger partial charge in [0, 0.05) is 12.6 Å². The van der Waals surface area contributed by atoms with Crippen LogP contribution in [-0.4, -0.2) is 30.1 Å². The van der Waals surface area contributed by atoms with Crippen molar-refractivity contribution in [2.75, 3.05) is 19.9 Å².